The maximum absolute atomic E-state index is 14.3. The Morgan fingerprint density at radius 2 is 1.91 bits per heavy atom. The molecule has 34 heavy (non-hydrogen) atoms. The molecule has 6 rings (SSSR count). The van der Waals surface area contributed by atoms with Crippen molar-refractivity contribution in [3.05, 3.63) is 41.9 Å². The Labute approximate surface area is 197 Å². The summed E-state index contributed by atoms with van der Waals surface area (Å²) in [6, 6.07) is 4.19. The second-order valence-corrected chi connectivity index (χ2v) is 9.70. The maximum Gasteiger partial charge on any atom is 0.241 e. The van der Waals surface area contributed by atoms with Gasteiger partial charge in [0, 0.05) is 5.92 Å². The molecule has 0 spiro atoms. The van der Waals surface area contributed by atoms with Crippen LogP contribution >= 0.6 is 0 Å². The Hall–Kier alpha value is -3.07. The largest absolute Gasteiger partial charge is 0.339 e. The van der Waals surface area contributed by atoms with Gasteiger partial charge in [0.2, 0.25) is 17.6 Å². The average molecular weight is 465 g/mol. The number of nitrogens with zero attached hydrogens (tertiary/aromatic N) is 6. The predicted octanol–water partition coefficient (Wildman–Crippen LogP) is 4.61. The summed E-state index contributed by atoms with van der Waals surface area (Å²) in [7, 11) is 0. The molecule has 0 N–H and O–H groups in total. The lowest BCUT2D eigenvalue weighted by molar-refractivity contribution is -0.120. The molecule has 0 bridgehead atoms. The number of carbonyl (C=O) groups excluding carboxylic acids is 1. The fourth-order valence-corrected chi connectivity index (χ4v) is 5.75. The SMILES string of the molecule is C[C@@H]1c2c(-c3noc(C4CCCC4)n3)ncn2-c2ccc(F)cc2N1C(=O)CN1CCCCC1. The van der Waals surface area contributed by atoms with Crippen molar-refractivity contribution in [1.82, 2.24) is 24.6 Å². The monoisotopic (exact) mass is 464 g/mol. The molecular weight excluding hydrogens is 435 g/mol. The van der Waals surface area contributed by atoms with Gasteiger partial charge in [-0.3, -0.25) is 14.3 Å². The van der Waals surface area contributed by atoms with E-state index in [1.165, 1.54) is 31.4 Å². The number of benzene rings is 1. The van der Waals surface area contributed by atoms with Gasteiger partial charge in [0.1, 0.15) is 17.8 Å². The summed E-state index contributed by atoms with van der Waals surface area (Å²) in [5.74, 6) is 1.00. The number of hydrogen-bond donors (Lipinski definition) is 0. The first kappa shape index (κ1) is 21.5. The molecule has 0 unspecified atom stereocenters. The van der Waals surface area contributed by atoms with Crippen molar-refractivity contribution >= 4 is 11.6 Å². The number of aromatic nitrogens is 4. The molecule has 1 aromatic carbocycles. The second kappa shape index (κ2) is 8.61. The van der Waals surface area contributed by atoms with Gasteiger partial charge in [-0.2, -0.15) is 4.98 Å². The van der Waals surface area contributed by atoms with Crippen molar-refractivity contribution < 1.29 is 13.7 Å². The summed E-state index contributed by atoms with van der Waals surface area (Å²) in [6.07, 6.45) is 9.61. The van der Waals surface area contributed by atoms with Gasteiger partial charge in [0.15, 0.2) is 0 Å². The van der Waals surface area contributed by atoms with Gasteiger partial charge in [0.25, 0.3) is 0 Å². The first-order valence-electron chi connectivity index (χ1n) is 12.4. The highest BCUT2D eigenvalue weighted by Gasteiger charge is 2.37. The standard InChI is InChI=1S/C25H29FN6O2/c1-16-23-22(24-28-25(34-29-24)17-7-3-4-8-17)27-15-31(23)19-10-9-18(26)13-20(19)32(16)21(33)14-30-11-5-2-6-12-30/h9-10,13,15-17H,2-8,11-12,14H2,1H3/t16-/m1/s1. The summed E-state index contributed by atoms with van der Waals surface area (Å²) in [5.41, 5.74) is 2.70. The molecule has 3 aromatic rings. The van der Waals surface area contributed by atoms with E-state index in [2.05, 4.69) is 20.0 Å². The Kier molecular flexibility index (Phi) is 5.44. The molecule has 2 aliphatic heterocycles. The van der Waals surface area contributed by atoms with Crippen LogP contribution in [0.2, 0.25) is 0 Å². The van der Waals surface area contributed by atoms with E-state index in [9.17, 15) is 9.18 Å². The molecule has 1 amide bonds. The van der Waals surface area contributed by atoms with E-state index in [1.54, 1.807) is 17.3 Å². The Morgan fingerprint density at radius 3 is 2.71 bits per heavy atom. The van der Waals surface area contributed by atoms with Crippen LogP contribution in [0.25, 0.3) is 17.2 Å². The van der Waals surface area contributed by atoms with Gasteiger partial charge in [-0.25, -0.2) is 9.37 Å². The van der Waals surface area contributed by atoms with Gasteiger partial charge >= 0.3 is 0 Å². The predicted molar refractivity (Wildman–Crippen MR) is 124 cm³/mol. The van der Waals surface area contributed by atoms with Crippen LogP contribution in [0.4, 0.5) is 10.1 Å². The minimum Gasteiger partial charge on any atom is -0.339 e. The van der Waals surface area contributed by atoms with Gasteiger partial charge in [0.05, 0.1) is 29.7 Å². The van der Waals surface area contributed by atoms with Crippen LogP contribution in [0.3, 0.4) is 0 Å². The van der Waals surface area contributed by atoms with E-state index in [4.69, 9.17) is 4.52 Å². The molecule has 8 nitrogen and oxygen atoms in total. The van der Waals surface area contributed by atoms with E-state index in [0.717, 1.165) is 50.2 Å². The van der Waals surface area contributed by atoms with Crippen molar-refractivity contribution in [2.45, 2.75) is 63.8 Å². The van der Waals surface area contributed by atoms with E-state index in [-0.39, 0.29) is 17.8 Å². The lowest BCUT2D eigenvalue weighted by atomic mass is 10.0. The van der Waals surface area contributed by atoms with E-state index >= 15 is 0 Å². The summed E-state index contributed by atoms with van der Waals surface area (Å²) in [4.78, 5) is 26.8. The summed E-state index contributed by atoms with van der Waals surface area (Å²) < 4.78 is 21.8. The molecular formula is C25H29FN6O2. The number of rotatable bonds is 4. The lowest BCUT2D eigenvalue weighted by Gasteiger charge is -2.38. The number of halogens is 1. The summed E-state index contributed by atoms with van der Waals surface area (Å²) >= 11 is 0. The van der Waals surface area contributed by atoms with Crippen molar-refractivity contribution in [1.29, 1.82) is 0 Å². The lowest BCUT2D eigenvalue weighted by Crippen LogP contribution is -2.45. The average Bonchev–Trinajstić information content (AvgIpc) is 3.59. The molecule has 1 aliphatic carbocycles. The first-order chi connectivity index (χ1) is 16.6. The van der Waals surface area contributed by atoms with Gasteiger partial charge in [-0.15, -0.1) is 0 Å². The molecule has 2 aromatic heterocycles. The smallest absolute Gasteiger partial charge is 0.241 e. The van der Waals surface area contributed by atoms with Crippen molar-refractivity contribution in [3.63, 3.8) is 0 Å². The van der Waals surface area contributed by atoms with E-state index in [1.807, 2.05) is 11.5 Å². The van der Waals surface area contributed by atoms with Crippen molar-refractivity contribution in [2.24, 2.45) is 0 Å². The van der Waals surface area contributed by atoms with Gasteiger partial charge < -0.3 is 9.42 Å². The third kappa shape index (κ3) is 3.62. The zero-order valence-corrected chi connectivity index (χ0v) is 19.4. The Bertz CT molecular complexity index is 1210. The topological polar surface area (TPSA) is 80.3 Å². The quantitative estimate of drug-likeness (QED) is 0.561. The second-order valence-electron chi connectivity index (χ2n) is 9.70. The minimum absolute atomic E-state index is 0.0422. The van der Waals surface area contributed by atoms with Crippen LogP contribution < -0.4 is 4.90 Å². The third-order valence-electron chi connectivity index (χ3n) is 7.48. The zero-order chi connectivity index (χ0) is 23.2. The van der Waals surface area contributed by atoms with Crippen molar-refractivity contribution in [3.8, 4) is 17.2 Å². The molecule has 2 fully saturated rings. The number of likely N-dealkylation sites (tertiary alicyclic amines) is 1. The Morgan fingerprint density at radius 1 is 1.12 bits per heavy atom. The normalized spacial score (nSPS) is 21.0. The van der Waals surface area contributed by atoms with E-state index < -0.39 is 0 Å². The van der Waals surface area contributed by atoms with Crippen LogP contribution in [0.1, 0.15) is 75.4 Å². The molecule has 178 valence electrons. The molecule has 4 heterocycles. The van der Waals surface area contributed by atoms with Crippen molar-refractivity contribution in [2.75, 3.05) is 24.5 Å². The number of carbonyl (C=O) groups is 1. The van der Waals surface area contributed by atoms with Gasteiger partial charge in [-0.05, 0) is 63.9 Å². The highest BCUT2D eigenvalue weighted by atomic mass is 19.1. The number of fused-ring (bicyclic) bond motifs is 3. The molecule has 1 saturated heterocycles. The van der Waals surface area contributed by atoms with Crippen LogP contribution in [0.15, 0.2) is 29.0 Å². The number of hydrogen-bond acceptors (Lipinski definition) is 6. The van der Waals surface area contributed by atoms with E-state index in [0.29, 0.717) is 35.6 Å². The van der Waals surface area contributed by atoms with Gasteiger partial charge in [-0.1, -0.05) is 24.4 Å². The number of imidazole rings is 1. The molecule has 3 aliphatic rings. The fraction of sp³-hybridized carbons (Fsp3) is 0.520. The molecule has 1 atom stereocenters. The minimum atomic E-state index is -0.370. The molecule has 0 radical (unpaired) electrons. The third-order valence-corrected chi connectivity index (χ3v) is 7.48. The molecule has 9 heteroatoms. The highest BCUT2D eigenvalue weighted by Crippen LogP contribution is 2.42. The van der Waals surface area contributed by atoms with Crippen LogP contribution in [0, 0.1) is 5.82 Å². The van der Waals surface area contributed by atoms with Crippen LogP contribution in [0.5, 0.6) is 0 Å². The highest BCUT2D eigenvalue weighted by molar-refractivity contribution is 5.98. The number of piperidine rings is 1. The summed E-state index contributed by atoms with van der Waals surface area (Å²) in [6.45, 7) is 4.11. The van der Waals surface area contributed by atoms with Crippen LogP contribution in [-0.2, 0) is 4.79 Å². The first-order valence-corrected chi connectivity index (χ1v) is 12.4. The number of anilines is 1. The molecule has 1 saturated carbocycles. The van der Waals surface area contributed by atoms with Crippen LogP contribution in [-0.4, -0.2) is 50.1 Å². The zero-order valence-electron chi connectivity index (χ0n) is 19.4. The Balaban J connectivity index is 1.39. The summed E-state index contributed by atoms with van der Waals surface area (Å²) in [5, 5.41) is 4.25. The maximum atomic E-state index is 14.3. The number of amides is 1. The fourth-order valence-electron chi connectivity index (χ4n) is 5.75.